The second-order valence-corrected chi connectivity index (χ2v) is 7.75. The molecule has 1 fully saturated rings. The predicted molar refractivity (Wildman–Crippen MR) is 110 cm³/mol. The van der Waals surface area contributed by atoms with Crippen LogP contribution in [0.3, 0.4) is 0 Å². The van der Waals surface area contributed by atoms with Gasteiger partial charge in [-0.05, 0) is 56.1 Å². The number of aliphatic carboxylic acids is 1. The summed E-state index contributed by atoms with van der Waals surface area (Å²) in [6, 6.07) is 22.2. The number of nitrogens with one attached hydrogen (secondary N) is 1. The third-order valence-electron chi connectivity index (χ3n) is 5.77. The van der Waals surface area contributed by atoms with Gasteiger partial charge in [-0.15, -0.1) is 0 Å². The third-order valence-corrected chi connectivity index (χ3v) is 5.77. The summed E-state index contributed by atoms with van der Waals surface area (Å²) in [5, 5.41) is 13.0. The van der Waals surface area contributed by atoms with Crippen molar-refractivity contribution in [1.82, 2.24) is 5.32 Å². The van der Waals surface area contributed by atoms with Gasteiger partial charge in [-0.1, -0.05) is 67.1 Å². The van der Waals surface area contributed by atoms with Crippen LogP contribution in [-0.2, 0) is 11.2 Å². The number of rotatable bonds is 9. The van der Waals surface area contributed by atoms with Crippen molar-refractivity contribution >= 4 is 5.97 Å². The van der Waals surface area contributed by atoms with Crippen molar-refractivity contribution < 1.29 is 9.90 Å². The summed E-state index contributed by atoms with van der Waals surface area (Å²) < 4.78 is 0. The van der Waals surface area contributed by atoms with Crippen LogP contribution in [0.2, 0.25) is 0 Å². The molecule has 0 radical (unpaired) electrons. The van der Waals surface area contributed by atoms with Gasteiger partial charge in [0.15, 0.2) is 0 Å². The molecule has 27 heavy (non-hydrogen) atoms. The van der Waals surface area contributed by atoms with Crippen molar-refractivity contribution in [2.24, 2.45) is 5.92 Å². The molecule has 0 bridgehead atoms. The zero-order chi connectivity index (χ0) is 18.9. The van der Waals surface area contributed by atoms with Crippen molar-refractivity contribution in [2.45, 2.75) is 63.5 Å². The SMILES string of the molecule is O=C(O)C1CCC(NC(CCCCc2ccccc2)c2ccccc2)CC1. The number of hydrogen-bond donors (Lipinski definition) is 2. The van der Waals surface area contributed by atoms with E-state index >= 15 is 0 Å². The van der Waals surface area contributed by atoms with Gasteiger partial charge in [0.25, 0.3) is 0 Å². The van der Waals surface area contributed by atoms with E-state index in [9.17, 15) is 9.90 Å². The second kappa shape index (κ2) is 10.3. The van der Waals surface area contributed by atoms with Crippen molar-refractivity contribution in [3.8, 4) is 0 Å². The van der Waals surface area contributed by atoms with Gasteiger partial charge in [-0.3, -0.25) is 4.79 Å². The van der Waals surface area contributed by atoms with E-state index in [4.69, 9.17) is 0 Å². The first-order chi connectivity index (χ1) is 13.2. The molecule has 1 atom stereocenters. The maximum absolute atomic E-state index is 11.2. The van der Waals surface area contributed by atoms with Gasteiger partial charge in [0.1, 0.15) is 0 Å². The molecular formula is C24H31NO2. The van der Waals surface area contributed by atoms with Crippen molar-refractivity contribution in [3.63, 3.8) is 0 Å². The summed E-state index contributed by atoms with van der Waals surface area (Å²) in [7, 11) is 0. The zero-order valence-corrected chi connectivity index (χ0v) is 16.0. The summed E-state index contributed by atoms with van der Waals surface area (Å²) >= 11 is 0. The molecule has 0 aromatic heterocycles. The monoisotopic (exact) mass is 365 g/mol. The minimum atomic E-state index is -0.631. The molecule has 3 nitrogen and oxygen atoms in total. The molecule has 2 N–H and O–H groups in total. The molecule has 1 aliphatic rings. The van der Waals surface area contributed by atoms with Crippen LogP contribution in [-0.4, -0.2) is 17.1 Å². The van der Waals surface area contributed by atoms with Gasteiger partial charge >= 0.3 is 5.97 Å². The molecular weight excluding hydrogens is 334 g/mol. The molecule has 1 unspecified atom stereocenters. The Labute approximate surface area is 162 Å². The fourth-order valence-corrected chi connectivity index (χ4v) is 4.15. The molecule has 144 valence electrons. The number of benzene rings is 2. The molecule has 1 aliphatic carbocycles. The van der Waals surface area contributed by atoms with Gasteiger partial charge in [0, 0.05) is 12.1 Å². The topological polar surface area (TPSA) is 49.3 Å². The van der Waals surface area contributed by atoms with Gasteiger partial charge in [0.05, 0.1) is 5.92 Å². The third kappa shape index (κ3) is 6.21. The lowest BCUT2D eigenvalue weighted by Gasteiger charge is -2.31. The first kappa shape index (κ1) is 19.6. The van der Waals surface area contributed by atoms with E-state index in [1.807, 2.05) is 0 Å². The van der Waals surface area contributed by atoms with Crippen molar-refractivity contribution in [1.29, 1.82) is 0 Å². The molecule has 3 heteroatoms. The van der Waals surface area contributed by atoms with Crippen LogP contribution in [0.5, 0.6) is 0 Å². The Morgan fingerprint density at radius 2 is 1.56 bits per heavy atom. The number of carboxylic acid groups (broad SMARTS) is 1. The van der Waals surface area contributed by atoms with E-state index in [1.165, 1.54) is 24.0 Å². The highest BCUT2D eigenvalue weighted by molar-refractivity contribution is 5.70. The standard InChI is InChI=1S/C24H31NO2/c26-24(27)21-15-17-22(18-16-21)25-23(20-12-5-2-6-13-20)14-8-7-11-19-9-3-1-4-10-19/h1-6,9-10,12-13,21-23,25H,7-8,11,14-18H2,(H,26,27). The predicted octanol–water partition coefficient (Wildman–Crippen LogP) is 5.37. The van der Waals surface area contributed by atoms with Crippen LogP contribution < -0.4 is 5.32 Å². The average molecular weight is 366 g/mol. The van der Waals surface area contributed by atoms with Crippen molar-refractivity contribution in [2.75, 3.05) is 0 Å². The lowest BCUT2D eigenvalue weighted by molar-refractivity contribution is -0.142. The van der Waals surface area contributed by atoms with Crippen LogP contribution in [0.15, 0.2) is 60.7 Å². The lowest BCUT2D eigenvalue weighted by Crippen LogP contribution is -2.37. The number of hydrogen-bond acceptors (Lipinski definition) is 2. The molecule has 2 aromatic carbocycles. The van der Waals surface area contributed by atoms with E-state index in [-0.39, 0.29) is 5.92 Å². The normalized spacial score (nSPS) is 20.9. The smallest absolute Gasteiger partial charge is 0.306 e. The number of unbranched alkanes of at least 4 members (excludes halogenated alkanes) is 1. The number of aryl methyl sites for hydroxylation is 1. The molecule has 0 aliphatic heterocycles. The lowest BCUT2D eigenvalue weighted by atomic mass is 9.85. The quantitative estimate of drug-likeness (QED) is 0.587. The summed E-state index contributed by atoms with van der Waals surface area (Å²) in [5.74, 6) is -0.780. The Morgan fingerprint density at radius 3 is 2.19 bits per heavy atom. The number of carbonyl (C=O) groups is 1. The zero-order valence-electron chi connectivity index (χ0n) is 16.0. The molecule has 0 amide bonds. The van der Waals surface area contributed by atoms with Gasteiger partial charge in [-0.2, -0.15) is 0 Å². The fourth-order valence-electron chi connectivity index (χ4n) is 4.15. The van der Waals surface area contributed by atoms with Gasteiger partial charge in [0.2, 0.25) is 0 Å². The Hall–Kier alpha value is -2.13. The molecule has 0 heterocycles. The largest absolute Gasteiger partial charge is 0.481 e. The molecule has 2 aromatic rings. The van der Waals surface area contributed by atoms with Crippen LogP contribution in [0.1, 0.15) is 62.1 Å². The minimum absolute atomic E-state index is 0.149. The Bertz CT molecular complexity index is 678. The fraction of sp³-hybridized carbons (Fsp3) is 0.458. The second-order valence-electron chi connectivity index (χ2n) is 7.75. The molecule has 1 saturated carbocycles. The first-order valence-corrected chi connectivity index (χ1v) is 10.3. The van der Waals surface area contributed by atoms with E-state index in [0.717, 1.165) is 38.5 Å². The summed E-state index contributed by atoms with van der Waals surface area (Å²) in [6.45, 7) is 0. The highest BCUT2D eigenvalue weighted by Crippen LogP contribution is 2.28. The summed E-state index contributed by atoms with van der Waals surface area (Å²) in [5.41, 5.74) is 2.76. The Kier molecular flexibility index (Phi) is 7.46. The highest BCUT2D eigenvalue weighted by atomic mass is 16.4. The van der Waals surface area contributed by atoms with Gasteiger partial charge < -0.3 is 10.4 Å². The van der Waals surface area contributed by atoms with Crippen LogP contribution in [0.25, 0.3) is 0 Å². The molecule has 0 spiro atoms. The number of carboxylic acids is 1. The Balaban J connectivity index is 1.51. The molecule has 3 rings (SSSR count). The van der Waals surface area contributed by atoms with Crippen LogP contribution in [0.4, 0.5) is 0 Å². The Morgan fingerprint density at radius 1 is 0.926 bits per heavy atom. The first-order valence-electron chi connectivity index (χ1n) is 10.3. The summed E-state index contributed by atoms with van der Waals surface area (Å²) in [4.78, 5) is 11.2. The minimum Gasteiger partial charge on any atom is -0.481 e. The van der Waals surface area contributed by atoms with E-state index in [2.05, 4.69) is 66.0 Å². The van der Waals surface area contributed by atoms with Crippen molar-refractivity contribution in [3.05, 3.63) is 71.8 Å². The van der Waals surface area contributed by atoms with Crippen LogP contribution >= 0.6 is 0 Å². The van der Waals surface area contributed by atoms with Crippen LogP contribution in [0, 0.1) is 5.92 Å². The van der Waals surface area contributed by atoms with Gasteiger partial charge in [-0.25, -0.2) is 0 Å². The highest BCUT2D eigenvalue weighted by Gasteiger charge is 2.27. The van der Waals surface area contributed by atoms with E-state index in [1.54, 1.807) is 0 Å². The van der Waals surface area contributed by atoms with E-state index < -0.39 is 5.97 Å². The summed E-state index contributed by atoms with van der Waals surface area (Å²) in [6.07, 6.45) is 8.15. The van der Waals surface area contributed by atoms with E-state index in [0.29, 0.717) is 12.1 Å². The maximum atomic E-state index is 11.2. The maximum Gasteiger partial charge on any atom is 0.306 e. The molecule has 0 saturated heterocycles. The average Bonchev–Trinajstić information content (AvgIpc) is 2.72.